The maximum absolute atomic E-state index is 12.6. The predicted octanol–water partition coefficient (Wildman–Crippen LogP) is 2.81. The largest absolute Gasteiger partial charge is 0.300 e. The number of benzene rings is 1. The van der Waals surface area contributed by atoms with Crippen LogP contribution in [0.5, 0.6) is 0 Å². The quantitative estimate of drug-likeness (QED) is 0.792. The number of rotatable bonds is 3. The Bertz CT molecular complexity index is 529. The maximum atomic E-state index is 12.6. The van der Waals surface area contributed by atoms with Crippen LogP contribution in [0, 0.1) is 17.2 Å². The fourth-order valence-electron chi connectivity index (χ4n) is 3.74. The van der Waals surface area contributed by atoms with Gasteiger partial charge >= 0.3 is 0 Å². The van der Waals surface area contributed by atoms with Crippen LogP contribution in [0.3, 0.4) is 0 Å². The Labute approximate surface area is 120 Å². The molecule has 0 amide bonds. The van der Waals surface area contributed by atoms with Crippen LogP contribution >= 0.6 is 0 Å². The average Bonchev–Trinajstić information content (AvgIpc) is 2.68. The van der Waals surface area contributed by atoms with Crippen LogP contribution in [-0.4, -0.2) is 29.8 Å². The van der Waals surface area contributed by atoms with Crippen molar-refractivity contribution in [3.63, 3.8) is 0 Å². The second-order valence-electron chi connectivity index (χ2n) is 6.11. The minimum atomic E-state index is 0.186. The molecular weight excluding hydrogens is 248 g/mol. The maximum Gasteiger partial charge on any atom is 0.166 e. The van der Waals surface area contributed by atoms with Crippen molar-refractivity contribution in [1.82, 2.24) is 4.90 Å². The lowest BCUT2D eigenvalue weighted by atomic mass is 9.85. The van der Waals surface area contributed by atoms with Crippen molar-refractivity contribution in [3.8, 4) is 6.07 Å². The van der Waals surface area contributed by atoms with Crippen LogP contribution < -0.4 is 0 Å². The summed E-state index contributed by atoms with van der Waals surface area (Å²) in [5.74, 6) is 0.476. The minimum Gasteiger partial charge on any atom is -0.300 e. The molecule has 2 aliphatic rings. The van der Waals surface area contributed by atoms with E-state index in [0.29, 0.717) is 24.3 Å². The molecule has 1 aromatic carbocycles. The van der Waals surface area contributed by atoms with Gasteiger partial charge in [0.25, 0.3) is 0 Å². The van der Waals surface area contributed by atoms with Gasteiger partial charge in [-0.1, -0.05) is 24.3 Å². The van der Waals surface area contributed by atoms with Crippen molar-refractivity contribution in [2.45, 2.75) is 44.2 Å². The van der Waals surface area contributed by atoms with Gasteiger partial charge in [0.15, 0.2) is 5.78 Å². The molecule has 0 aromatic heterocycles. The van der Waals surface area contributed by atoms with Gasteiger partial charge in [0, 0.05) is 23.6 Å². The van der Waals surface area contributed by atoms with Crippen LogP contribution in [-0.2, 0) is 6.42 Å². The van der Waals surface area contributed by atoms with E-state index in [2.05, 4.69) is 18.0 Å². The molecule has 2 saturated heterocycles. The van der Waals surface area contributed by atoms with Gasteiger partial charge in [0.1, 0.15) is 0 Å². The van der Waals surface area contributed by atoms with Crippen molar-refractivity contribution < 1.29 is 4.79 Å². The smallest absolute Gasteiger partial charge is 0.166 e. The highest BCUT2D eigenvalue weighted by Gasteiger charge is 2.40. The third kappa shape index (κ3) is 2.36. The third-order valence-electron chi connectivity index (χ3n) is 4.99. The summed E-state index contributed by atoms with van der Waals surface area (Å²) >= 11 is 0. The van der Waals surface area contributed by atoms with Gasteiger partial charge < -0.3 is 4.90 Å². The summed E-state index contributed by atoms with van der Waals surface area (Å²) in [6.07, 6.45) is 4.91. The molecule has 1 aromatic rings. The molecule has 3 heteroatoms. The van der Waals surface area contributed by atoms with E-state index in [4.69, 9.17) is 5.26 Å². The summed E-state index contributed by atoms with van der Waals surface area (Å²) in [5.41, 5.74) is 1.79. The second kappa shape index (κ2) is 5.38. The van der Waals surface area contributed by atoms with Crippen LogP contribution in [0.4, 0.5) is 0 Å². The number of carbonyl (C=O) groups excluding carboxylic acids is 1. The zero-order valence-electron chi connectivity index (χ0n) is 11.9. The number of carbonyl (C=O) groups is 1. The number of ketones is 1. The molecule has 2 heterocycles. The summed E-state index contributed by atoms with van der Waals surface area (Å²) in [6.45, 7) is 0. The Kier molecular flexibility index (Phi) is 3.58. The molecule has 3 nitrogen and oxygen atoms in total. The van der Waals surface area contributed by atoms with E-state index in [1.165, 1.54) is 12.8 Å². The Morgan fingerprint density at radius 1 is 1.25 bits per heavy atom. The monoisotopic (exact) mass is 268 g/mol. The first-order valence-corrected chi connectivity index (χ1v) is 7.41. The Morgan fingerprint density at radius 3 is 2.40 bits per heavy atom. The Hall–Kier alpha value is -1.66. The summed E-state index contributed by atoms with van der Waals surface area (Å²) in [5, 5.41) is 8.67. The first-order valence-electron chi connectivity index (χ1n) is 7.41. The lowest BCUT2D eigenvalue weighted by Crippen LogP contribution is -2.42. The molecule has 2 unspecified atom stereocenters. The highest BCUT2D eigenvalue weighted by atomic mass is 16.1. The molecule has 2 fully saturated rings. The summed E-state index contributed by atoms with van der Waals surface area (Å²) in [4.78, 5) is 15.1. The van der Waals surface area contributed by atoms with Gasteiger partial charge in [-0.25, -0.2) is 0 Å². The molecule has 2 atom stereocenters. The van der Waals surface area contributed by atoms with Gasteiger partial charge in [-0.2, -0.15) is 5.26 Å². The van der Waals surface area contributed by atoms with Crippen molar-refractivity contribution in [1.29, 1.82) is 5.26 Å². The third-order valence-corrected chi connectivity index (χ3v) is 4.99. The zero-order valence-corrected chi connectivity index (χ0v) is 11.9. The normalized spacial score (nSPS) is 29.1. The van der Waals surface area contributed by atoms with Gasteiger partial charge in [-0.15, -0.1) is 0 Å². The lowest BCUT2D eigenvalue weighted by Gasteiger charge is -2.35. The fourth-order valence-corrected chi connectivity index (χ4v) is 3.74. The molecule has 20 heavy (non-hydrogen) atoms. The van der Waals surface area contributed by atoms with E-state index in [9.17, 15) is 4.79 Å². The Morgan fingerprint density at radius 2 is 1.85 bits per heavy atom. The summed E-state index contributed by atoms with van der Waals surface area (Å²) < 4.78 is 0. The first-order chi connectivity index (χ1) is 9.69. The van der Waals surface area contributed by atoms with E-state index in [-0.39, 0.29) is 5.92 Å². The van der Waals surface area contributed by atoms with Crippen LogP contribution in [0.15, 0.2) is 24.3 Å². The molecule has 0 aliphatic carbocycles. The molecule has 0 radical (unpaired) electrons. The number of nitriles is 1. The minimum absolute atomic E-state index is 0.186. The van der Waals surface area contributed by atoms with Gasteiger partial charge in [0.2, 0.25) is 0 Å². The molecule has 0 N–H and O–H groups in total. The topological polar surface area (TPSA) is 44.1 Å². The van der Waals surface area contributed by atoms with E-state index in [0.717, 1.165) is 24.0 Å². The first kappa shape index (κ1) is 13.3. The molecule has 104 valence electrons. The van der Waals surface area contributed by atoms with E-state index >= 15 is 0 Å². The SMILES string of the molecule is CN1C2CCC1CC(C(=O)c1ccc(CC#N)cc1)C2. The van der Waals surface area contributed by atoms with E-state index in [1.807, 2.05) is 24.3 Å². The number of hydrogen-bond donors (Lipinski definition) is 0. The molecule has 2 bridgehead atoms. The van der Waals surface area contributed by atoms with Crippen LogP contribution in [0.1, 0.15) is 41.6 Å². The highest BCUT2D eigenvalue weighted by Crippen LogP contribution is 2.38. The zero-order chi connectivity index (χ0) is 14.1. The summed E-state index contributed by atoms with van der Waals surface area (Å²) in [6, 6.07) is 10.9. The number of Topliss-reactive ketones (excluding diaryl/α,β-unsaturated/α-hetero) is 1. The summed E-state index contributed by atoms with van der Waals surface area (Å²) in [7, 11) is 2.19. The van der Waals surface area contributed by atoms with Gasteiger partial charge in [-0.3, -0.25) is 4.79 Å². The lowest BCUT2D eigenvalue weighted by molar-refractivity contribution is 0.0767. The number of nitrogens with zero attached hydrogens (tertiary/aromatic N) is 2. The average molecular weight is 268 g/mol. The molecule has 2 aliphatic heterocycles. The van der Waals surface area contributed by atoms with Crippen LogP contribution in [0.25, 0.3) is 0 Å². The van der Waals surface area contributed by atoms with Crippen LogP contribution in [0.2, 0.25) is 0 Å². The van der Waals surface area contributed by atoms with Crippen molar-refractivity contribution in [3.05, 3.63) is 35.4 Å². The molecule has 3 rings (SSSR count). The van der Waals surface area contributed by atoms with E-state index < -0.39 is 0 Å². The van der Waals surface area contributed by atoms with E-state index in [1.54, 1.807) is 0 Å². The van der Waals surface area contributed by atoms with Crippen molar-refractivity contribution >= 4 is 5.78 Å². The fraction of sp³-hybridized carbons (Fsp3) is 0.529. The standard InChI is InChI=1S/C17H20N2O/c1-19-15-6-7-16(19)11-14(10-15)17(20)13-4-2-12(3-5-13)8-9-18/h2-5,14-16H,6-8,10-11H2,1H3. The molecule has 0 saturated carbocycles. The number of hydrogen-bond acceptors (Lipinski definition) is 3. The van der Waals surface area contributed by atoms with Crippen molar-refractivity contribution in [2.75, 3.05) is 7.05 Å². The number of fused-ring (bicyclic) bond motifs is 2. The van der Waals surface area contributed by atoms with Gasteiger partial charge in [0.05, 0.1) is 12.5 Å². The number of piperidine rings is 1. The molecule has 0 spiro atoms. The van der Waals surface area contributed by atoms with Crippen molar-refractivity contribution in [2.24, 2.45) is 5.92 Å². The predicted molar refractivity (Wildman–Crippen MR) is 77.4 cm³/mol. The second-order valence-corrected chi connectivity index (χ2v) is 6.11. The Balaban J connectivity index is 1.72. The molecular formula is C17H20N2O. The highest BCUT2D eigenvalue weighted by molar-refractivity contribution is 5.98. The van der Waals surface area contributed by atoms with Gasteiger partial charge in [-0.05, 0) is 38.3 Å².